The van der Waals surface area contributed by atoms with E-state index in [9.17, 15) is 0 Å². The minimum absolute atomic E-state index is 0. The zero-order valence-corrected chi connectivity index (χ0v) is 19.2. The maximum atomic E-state index is 5.53. The highest BCUT2D eigenvalue weighted by atomic mass is 127. The van der Waals surface area contributed by atoms with Gasteiger partial charge in [0, 0.05) is 50.2 Å². The molecule has 1 aliphatic rings. The van der Waals surface area contributed by atoms with Crippen molar-refractivity contribution < 1.29 is 4.74 Å². The molecule has 0 bridgehead atoms. The SMILES string of the molecule is CN=C(NCCc1nc(C)c(C)s1)NCC1(N(C)C)CCOCC1.I. The van der Waals surface area contributed by atoms with Crippen molar-refractivity contribution in [1.82, 2.24) is 20.5 Å². The molecule has 0 spiro atoms. The van der Waals surface area contributed by atoms with Crippen LogP contribution in [0.15, 0.2) is 4.99 Å². The molecule has 0 radical (unpaired) electrons. The lowest BCUT2D eigenvalue weighted by molar-refractivity contribution is -0.00500. The zero-order valence-electron chi connectivity index (χ0n) is 16.0. The first-order chi connectivity index (χ1) is 11.5. The Kier molecular flexibility index (Phi) is 9.61. The Balaban J connectivity index is 0.00000312. The smallest absolute Gasteiger partial charge is 0.191 e. The Morgan fingerprint density at radius 3 is 2.48 bits per heavy atom. The zero-order chi connectivity index (χ0) is 17.6. The molecule has 1 aromatic heterocycles. The Bertz CT molecular complexity index is 536. The van der Waals surface area contributed by atoms with Gasteiger partial charge in [0.05, 0.1) is 10.7 Å². The molecular weight excluding hydrogens is 449 g/mol. The highest BCUT2D eigenvalue weighted by Crippen LogP contribution is 2.25. The minimum atomic E-state index is 0. The third-order valence-electron chi connectivity index (χ3n) is 4.88. The average molecular weight is 481 g/mol. The van der Waals surface area contributed by atoms with E-state index in [0.717, 1.165) is 57.2 Å². The second-order valence-corrected chi connectivity index (χ2v) is 7.87. The van der Waals surface area contributed by atoms with Crippen LogP contribution in [-0.4, -0.2) is 68.8 Å². The molecule has 144 valence electrons. The van der Waals surface area contributed by atoms with Gasteiger partial charge in [-0.05, 0) is 40.8 Å². The summed E-state index contributed by atoms with van der Waals surface area (Å²) in [4.78, 5) is 12.6. The number of aliphatic imine (C=N–C) groups is 1. The lowest BCUT2D eigenvalue weighted by Gasteiger charge is -2.43. The molecule has 0 aliphatic carbocycles. The summed E-state index contributed by atoms with van der Waals surface area (Å²) in [5.41, 5.74) is 1.28. The molecular formula is C17H32IN5OS. The van der Waals surface area contributed by atoms with Crippen LogP contribution in [-0.2, 0) is 11.2 Å². The fraction of sp³-hybridized carbons (Fsp3) is 0.765. The number of rotatable bonds is 6. The molecule has 0 amide bonds. The van der Waals surface area contributed by atoms with Gasteiger partial charge in [0.2, 0.25) is 0 Å². The minimum Gasteiger partial charge on any atom is -0.381 e. The van der Waals surface area contributed by atoms with E-state index in [1.165, 1.54) is 9.88 Å². The number of likely N-dealkylation sites (N-methyl/N-ethyl adjacent to an activating group) is 1. The molecule has 2 heterocycles. The molecule has 25 heavy (non-hydrogen) atoms. The lowest BCUT2D eigenvalue weighted by atomic mass is 9.88. The normalized spacial score (nSPS) is 17.3. The summed E-state index contributed by atoms with van der Waals surface area (Å²) in [6, 6.07) is 0. The number of aromatic nitrogens is 1. The van der Waals surface area contributed by atoms with Gasteiger partial charge in [0.1, 0.15) is 0 Å². The highest BCUT2D eigenvalue weighted by Gasteiger charge is 2.34. The van der Waals surface area contributed by atoms with E-state index in [2.05, 4.69) is 53.5 Å². The molecule has 2 N–H and O–H groups in total. The average Bonchev–Trinajstić information content (AvgIpc) is 2.89. The predicted octanol–water partition coefficient (Wildman–Crippen LogP) is 2.20. The molecule has 8 heteroatoms. The topological polar surface area (TPSA) is 61.8 Å². The van der Waals surface area contributed by atoms with Crippen molar-refractivity contribution in [2.75, 3.05) is 47.4 Å². The van der Waals surface area contributed by atoms with Gasteiger partial charge in [-0.3, -0.25) is 4.99 Å². The van der Waals surface area contributed by atoms with Crippen LogP contribution in [0.1, 0.15) is 28.4 Å². The molecule has 0 saturated carbocycles. The maximum absolute atomic E-state index is 5.53. The van der Waals surface area contributed by atoms with E-state index in [1.807, 2.05) is 7.05 Å². The molecule has 0 atom stereocenters. The van der Waals surface area contributed by atoms with Crippen molar-refractivity contribution in [3.63, 3.8) is 0 Å². The van der Waals surface area contributed by atoms with Crippen molar-refractivity contribution >= 4 is 41.3 Å². The monoisotopic (exact) mass is 481 g/mol. The molecule has 1 aliphatic heterocycles. The van der Waals surface area contributed by atoms with E-state index in [1.54, 1.807) is 11.3 Å². The van der Waals surface area contributed by atoms with Gasteiger partial charge in [0.25, 0.3) is 0 Å². The highest BCUT2D eigenvalue weighted by molar-refractivity contribution is 14.0. The number of halogens is 1. The van der Waals surface area contributed by atoms with Gasteiger partial charge in [-0.15, -0.1) is 35.3 Å². The molecule has 0 unspecified atom stereocenters. The van der Waals surface area contributed by atoms with Crippen LogP contribution in [0.25, 0.3) is 0 Å². The summed E-state index contributed by atoms with van der Waals surface area (Å²) >= 11 is 1.78. The van der Waals surface area contributed by atoms with Crippen LogP contribution in [0, 0.1) is 13.8 Å². The van der Waals surface area contributed by atoms with E-state index in [-0.39, 0.29) is 29.5 Å². The van der Waals surface area contributed by atoms with Gasteiger partial charge in [-0.1, -0.05) is 0 Å². The summed E-state index contributed by atoms with van der Waals surface area (Å²) in [6.07, 6.45) is 3.01. The van der Waals surface area contributed by atoms with Gasteiger partial charge in [-0.25, -0.2) is 4.98 Å². The third kappa shape index (κ3) is 6.33. The number of thiazole rings is 1. The number of ether oxygens (including phenoxy) is 1. The van der Waals surface area contributed by atoms with Crippen LogP contribution in [0.2, 0.25) is 0 Å². The van der Waals surface area contributed by atoms with Crippen molar-refractivity contribution in [3.8, 4) is 0 Å². The lowest BCUT2D eigenvalue weighted by Crippen LogP contribution is -2.57. The molecule has 0 aromatic carbocycles. The van der Waals surface area contributed by atoms with Crippen molar-refractivity contribution in [2.45, 2.75) is 38.6 Å². The van der Waals surface area contributed by atoms with Crippen LogP contribution >= 0.6 is 35.3 Å². The quantitative estimate of drug-likeness (QED) is 0.371. The summed E-state index contributed by atoms with van der Waals surface area (Å²) in [5, 5.41) is 8.07. The second-order valence-electron chi connectivity index (χ2n) is 6.58. The molecule has 1 saturated heterocycles. The van der Waals surface area contributed by atoms with Gasteiger partial charge in [0.15, 0.2) is 5.96 Å². The van der Waals surface area contributed by atoms with E-state index >= 15 is 0 Å². The number of hydrogen-bond acceptors (Lipinski definition) is 5. The number of aryl methyl sites for hydroxylation is 2. The first-order valence-electron chi connectivity index (χ1n) is 8.59. The molecule has 2 rings (SSSR count). The third-order valence-corrected chi connectivity index (χ3v) is 6.02. The summed E-state index contributed by atoms with van der Waals surface area (Å²) in [5.74, 6) is 0.854. The van der Waals surface area contributed by atoms with Crippen molar-refractivity contribution in [2.24, 2.45) is 4.99 Å². The number of hydrogen-bond donors (Lipinski definition) is 2. The largest absolute Gasteiger partial charge is 0.381 e. The van der Waals surface area contributed by atoms with Gasteiger partial charge < -0.3 is 20.3 Å². The number of nitrogens with zero attached hydrogens (tertiary/aromatic N) is 3. The van der Waals surface area contributed by atoms with E-state index < -0.39 is 0 Å². The fourth-order valence-corrected chi connectivity index (χ4v) is 3.87. The predicted molar refractivity (Wildman–Crippen MR) is 117 cm³/mol. The van der Waals surface area contributed by atoms with Gasteiger partial charge in [-0.2, -0.15) is 0 Å². The number of guanidine groups is 1. The molecule has 1 aromatic rings. The molecule has 6 nitrogen and oxygen atoms in total. The molecule has 1 fully saturated rings. The maximum Gasteiger partial charge on any atom is 0.191 e. The summed E-state index contributed by atoms with van der Waals surface area (Å²) in [6.45, 7) is 7.56. The summed E-state index contributed by atoms with van der Waals surface area (Å²) in [7, 11) is 6.12. The van der Waals surface area contributed by atoms with Crippen molar-refractivity contribution in [3.05, 3.63) is 15.6 Å². The van der Waals surface area contributed by atoms with E-state index in [4.69, 9.17) is 4.74 Å². The van der Waals surface area contributed by atoms with Crippen molar-refractivity contribution in [1.29, 1.82) is 0 Å². The van der Waals surface area contributed by atoms with E-state index in [0.29, 0.717) is 0 Å². The Labute approximate surface area is 172 Å². The van der Waals surface area contributed by atoms with Crippen LogP contribution in [0.3, 0.4) is 0 Å². The van der Waals surface area contributed by atoms with Gasteiger partial charge >= 0.3 is 0 Å². The standard InChI is InChI=1S/C17H31N5OS.HI/c1-13-14(2)24-15(21-13)6-9-19-16(18-3)20-12-17(22(4)5)7-10-23-11-8-17;/h6-12H2,1-5H3,(H2,18,19,20);1H. The van der Waals surface area contributed by atoms with Crippen LogP contribution < -0.4 is 10.6 Å². The first kappa shape index (κ1) is 22.6. The number of nitrogens with one attached hydrogen (secondary N) is 2. The Morgan fingerprint density at radius 2 is 1.96 bits per heavy atom. The first-order valence-corrected chi connectivity index (χ1v) is 9.41. The second kappa shape index (κ2) is 10.6. The Morgan fingerprint density at radius 1 is 1.28 bits per heavy atom. The Hall–Kier alpha value is -0.450. The van der Waals surface area contributed by atoms with Crippen LogP contribution in [0.5, 0.6) is 0 Å². The fourth-order valence-electron chi connectivity index (χ4n) is 2.94. The summed E-state index contributed by atoms with van der Waals surface area (Å²) < 4.78 is 5.53. The van der Waals surface area contributed by atoms with Crippen LogP contribution in [0.4, 0.5) is 0 Å².